The summed E-state index contributed by atoms with van der Waals surface area (Å²) in [6, 6.07) is 13.6. The van der Waals surface area contributed by atoms with E-state index in [1.54, 1.807) is 6.92 Å². The van der Waals surface area contributed by atoms with Crippen molar-refractivity contribution in [3.05, 3.63) is 65.0 Å². The number of aryl methyl sites for hydroxylation is 3. The molecule has 0 aliphatic carbocycles. The fraction of sp³-hybridized carbons (Fsp3) is 0.286. The SMILES string of the molecule is Cc1ccc(NC(=O)[C@H](C)Sc2nnc(COc3c(C)cccc3C)n2N)cc1. The predicted octanol–water partition coefficient (Wildman–Crippen LogP) is 3.62. The molecule has 29 heavy (non-hydrogen) atoms. The maximum Gasteiger partial charge on any atom is 0.237 e. The molecule has 1 heterocycles. The minimum atomic E-state index is -0.393. The van der Waals surface area contributed by atoms with Gasteiger partial charge in [0.05, 0.1) is 5.25 Å². The molecule has 8 heteroatoms. The van der Waals surface area contributed by atoms with Crippen molar-refractivity contribution in [2.45, 2.75) is 44.7 Å². The summed E-state index contributed by atoms with van der Waals surface area (Å²) in [4.78, 5) is 12.5. The van der Waals surface area contributed by atoms with Gasteiger partial charge in [0.1, 0.15) is 12.4 Å². The van der Waals surface area contributed by atoms with Crippen molar-refractivity contribution >= 4 is 23.4 Å². The van der Waals surface area contributed by atoms with E-state index in [2.05, 4.69) is 15.5 Å². The van der Waals surface area contributed by atoms with Crippen LogP contribution in [0.15, 0.2) is 47.6 Å². The van der Waals surface area contributed by atoms with Gasteiger partial charge in [-0.3, -0.25) is 4.79 Å². The molecular weight excluding hydrogens is 386 g/mol. The Bertz CT molecular complexity index is 981. The van der Waals surface area contributed by atoms with Crippen LogP contribution in [0.2, 0.25) is 0 Å². The number of ether oxygens (including phenoxy) is 1. The number of rotatable bonds is 7. The van der Waals surface area contributed by atoms with Crippen LogP contribution < -0.4 is 15.9 Å². The molecule has 0 radical (unpaired) electrons. The Balaban J connectivity index is 1.61. The van der Waals surface area contributed by atoms with E-state index in [0.29, 0.717) is 11.0 Å². The van der Waals surface area contributed by atoms with Crippen molar-refractivity contribution in [3.63, 3.8) is 0 Å². The highest BCUT2D eigenvalue weighted by Gasteiger charge is 2.20. The lowest BCUT2D eigenvalue weighted by Gasteiger charge is -2.13. The summed E-state index contributed by atoms with van der Waals surface area (Å²) in [5.74, 6) is 7.29. The second kappa shape index (κ2) is 9.00. The van der Waals surface area contributed by atoms with Gasteiger partial charge in [-0.2, -0.15) is 0 Å². The predicted molar refractivity (Wildman–Crippen MR) is 116 cm³/mol. The summed E-state index contributed by atoms with van der Waals surface area (Å²) >= 11 is 1.25. The molecule has 3 rings (SSSR count). The number of amides is 1. The van der Waals surface area contributed by atoms with Crippen molar-refractivity contribution in [2.24, 2.45) is 0 Å². The Morgan fingerprint density at radius 3 is 2.45 bits per heavy atom. The van der Waals surface area contributed by atoms with Crippen molar-refractivity contribution in [2.75, 3.05) is 11.2 Å². The second-order valence-corrected chi connectivity index (χ2v) is 8.20. The van der Waals surface area contributed by atoms with Gasteiger partial charge in [-0.1, -0.05) is 47.7 Å². The van der Waals surface area contributed by atoms with Gasteiger partial charge in [0.15, 0.2) is 5.82 Å². The van der Waals surface area contributed by atoms with Crippen LogP contribution in [0.25, 0.3) is 0 Å². The molecule has 2 aromatic carbocycles. The Kier molecular flexibility index (Phi) is 6.43. The molecule has 152 valence electrons. The standard InChI is InChI=1S/C21H25N5O2S/c1-13-8-10-17(11-9-13)23-20(27)16(4)29-21-25-24-18(26(21)22)12-28-19-14(2)6-5-7-15(19)3/h5-11,16H,12,22H2,1-4H3,(H,23,27)/t16-/m0/s1. The third-order valence-electron chi connectivity index (χ3n) is 4.46. The van der Waals surface area contributed by atoms with Crippen molar-refractivity contribution < 1.29 is 9.53 Å². The van der Waals surface area contributed by atoms with Crippen LogP contribution >= 0.6 is 11.8 Å². The molecule has 0 saturated carbocycles. The number of nitrogen functional groups attached to an aromatic ring is 1. The number of hydrogen-bond donors (Lipinski definition) is 2. The molecular formula is C21H25N5O2S. The van der Waals surface area contributed by atoms with Gasteiger partial charge in [-0.15, -0.1) is 10.2 Å². The molecule has 1 aromatic heterocycles. The first kappa shape index (κ1) is 20.7. The third-order valence-corrected chi connectivity index (χ3v) is 5.52. The Morgan fingerprint density at radius 2 is 1.79 bits per heavy atom. The van der Waals surface area contributed by atoms with Gasteiger partial charge in [-0.25, -0.2) is 4.68 Å². The highest BCUT2D eigenvalue weighted by atomic mass is 32.2. The first-order valence-electron chi connectivity index (χ1n) is 9.27. The van der Waals surface area contributed by atoms with Gasteiger partial charge in [0.25, 0.3) is 0 Å². The molecule has 7 nitrogen and oxygen atoms in total. The van der Waals surface area contributed by atoms with Crippen LogP contribution in [-0.4, -0.2) is 26.0 Å². The van der Waals surface area contributed by atoms with Gasteiger partial charge in [0.2, 0.25) is 11.1 Å². The van der Waals surface area contributed by atoms with Gasteiger partial charge < -0.3 is 15.9 Å². The van der Waals surface area contributed by atoms with E-state index in [-0.39, 0.29) is 12.5 Å². The maximum absolute atomic E-state index is 12.5. The number of benzene rings is 2. The lowest BCUT2D eigenvalue weighted by atomic mass is 10.1. The number of nitrogens with zero attached hydrogens (tertiary/aromatic N) is 3. The topological polar surface area (TPSA) is 95.1 Å². The zero-order valence-electron chi connectivity index (χ0n) is 17.0. The second-order valence-electron chi connectivity index (χ2n) is 6.89. The third kappa shape index (κ3) is 5.08. The summed E-state index contributed by atoms with van der Waals surface area (Å²) in [7, 11) is 0. The monoisotopic (exact) mass is 411 g/mol. The fourth-order valence-corrected chi connectivity index (χ4v) is 3.53. The van der Waals surface area contributed by atoms with Gasteiger partial charge in [-0.05, 0) is 51.0 Å². The number of anilines is 1. The summed E-state index contributed by atoms with van der Waals surface area (Å²) in [5.41, 5.74) is 3.98. The maximum atomic E-state index is 12.5. The Morgan fingerprint density at radius 1 is 1.14 bits per heavy atom. The molecule has 3 N–H and O–H groups in total. The van der Waals surface area contributed by atoms with E-state index in [9.17, 15) is 4.79 Å². The molecule has 0 spiro atoms. The van der Waals surface area contributed by atoms with E-state index in [4.69, 9.17) is 10.6 Å². The summed E-state index contributed by atoms with van der Waals surface area (Å²) in [5, 5.41) is 11.2. The highest BCUT2D eigenvalue weighted by Crippen LogP contribution is 2.25. The van der Waals surface area contributed by atoms with Crippen LogP contribution in [0.1, 0.15) is 29.4 Å². The van der Waals surface area contributed by atoms with Crippen molar-refractivity contribution in [1.82, 2.24) is 14.9 Å². The minimum Gasteiger partial charge on any atom is -0.485 e. The molecule has 0 unspecified atom stereocenters. The number of carbonyl (C=O) groups excluding carboxylic acids is 1. The molecule has 0 fully saturated rings. The molecule has 0 aliphatic rings. The normalized spacial score (nSPS) is 11.9. The number of nitrogens with two attached hydrogens (primary N) is 1. The molecule has 0 aliphatic heterocycles. The number of aromatic nitrogens is 3. The zero-order chi connectivity index (χ0) is 21.0. The molecule has 0 bridgehead atoms. The van der Waals surface area contributed by atoms with Gasteiger partial charge >= 0.3 is 0 Å². The van der Waals surface area contributed by atoms with Gasteiger partial charge in [0, 0.05) is 5.69 Å². The summed E-state index contributed by atoms with van der Waals surface area (Å²) in [6.45, 7) is 7.98. The number of para-hydroxylation sites is 1. The molecule has 0 saturated heterocycles. The molecule has 1 atom stereocenters. The Labute approximate surface area is 174 Å². The van der Waals surface area contributed by atoms with E-state index in [0.717, 1.165) is 28.1 Å². The van der Waals surface area contributed by atoms with Crippen LogP contribution in [0.3, 0.4) is 0 Å². The molecule has 1 amide bonds. The quantitative estimate of drug-likeness (QED) is 0.455. The zero-order valence-corrected chi connectivity index (χ0v) is 17.8. The van der Waals surface area contributed by atoms with Crippen molar-refractivity contribution in [1.29, 1.82) is 0 Å². The number of nitrogens with one attached hydrogen (secondary N) is 1. The van der Waals surface area contributed by atoms with Crippen molar-refractivity contribution in [3.8, 4) is 5.75 Å². The lowest BCUT2D eigenvalue weighted by Crippen LogP contribution is -2.24. The smallest absolute Gasteiger partial charge is 0.237 e. The lowest BCUT2D eigenvalue weighted by molar-refractivity contribution is -0.115. The number of thioether (sulfide) groups is 1. The highest BCUT2D eigenvalue weighted by molar-refractivity contribution is 8.00. The number of hydrogen-bond acceptors (Lipinski definition) is 6. The summed E-state index contributed by atoms with van der Waals surface area (Å²) < 4.78 is 7.27. The van der Waals surface area contributed by atoms with E-state index < -0.39 is 5.25 Å². The largest absolute Gasteiger partial charge is 0.485 e. The molecule has 3 aromatic rings. The average Bonchev–Trinajstić information content (AvgIpc) is 3.03. The van der Waals surface area contributed by atoms with E-state index in [1.807, 2.05) is 63.2 Å². The minimum absolute atomic E-state index is 0.129. The van der Waals surface area contributed by atoms with Crippen LogP contribution in [0.5, 0.6) is 5.75 Å². The first-order chi connectivity index (χ1) is 13.8. The average molecular weight is 412 g/mol. The van der Waals surface area contributed by atoms with Crippen LogP contribution in [-0.2, 0) is 11.4 Å². The van der Waals surface area contributed by atoms with Crippen LogP contribution in [0, 0.1) is 20.8 Å². The Hall–Kier alpha value is -3.00. The van der Waals surface area contributed by atoms with Crippen LogP contribution in [0.4, 0.5) is 5.69 Å². The summed E-state index contributed by atoms with van der Waals surface area (Å²) in [6.07, 6.45) is 0. The van der Waals surface area contributed by atoms with E-state index in [1.165, 1.54) is 16.4 Å². The van der Waals surface area contributed by atoms with E-state index >= 15 is 0 Å². The fourth-order valence-electron chi connectivity index (χ4n) is 2.74. The first-order valence-corrected chi connectivity index (χ1v) is 10.2. The number of carbonyl (C=O) groups is 1.